The van der Waals surface area contributed by atoms with Gasteiger partial charge in [0, 0.05) is 23.5 Å². The largest absolute Gasteiger partial charge is 0.490 e. The number of para-hydroxylation sites is 1. The summed E-state index contributed by atoms with van der Waals surface area (Å²) in [6.45, 7) is 5.86. The zero-order valence-corrected chi connectivity index (χ0v) is 20.6. The van der Waals surface area contributed by atoms with Gasteiger partial charge in [-0.15, -0.1) is 11.8 Å². The van der Waals surface area contributed by atoms with Gasteiger partial charge in [-0.1, -0.05) is 79.7 Å². The fourth-order valence-electron chi connectivity index (χ4n) is 3.71. The molecule has 0 saturated carbocycles. The monoisotopic (exact) mass is 464 g/mol. The highest BCUT2D eigenvalue weighted by atomic mass is 32.2. The van der Waals surface area contributed by atoms with E-state index >= 15 is 0 Å². The standard InChI is InChI=1S/C28H36N2O2S/c1-4-28(2,30-19-24(31)20-32-25-17-11-12-18-26(25)33-3)21-29-27(22-13-7-5-8-14-22)23-15-9-6-10-16-23/h5-18,24,27,29-31H,4,19-21H2,1-3H3. The molecule has 3 aromatic carbocycles. The van der Waals surface area contributed by atoms with Gasteiger partial charge in [-0.05, 0) is 42.9 Å². The molecule has 0 aliphatic carbocycles. The molecule has 0 spiro atoms. The van der Waals surface area contributed by atoms with Crippen molar-refractivity contribution in [3.63, 3.8) is 0 Å². The van der Waals surface area contributed by atoms with E-state index in [1.165, 1.54) is 11.1 Å². The van der Waals surface area contributed by atoms with E-state index < -0.39 is 6.10 Å². The Hall–Kier alpha value is -2.31. The first kappa shape index (κ1) is 25.3. The molecule has 0 saturated heterocycles. The fourth-order valence-corrected chi connectivity index (χ4v) is 4.25. The number of aliphatic hydroxyl groups is 1. The van der Waals surface area contributed by atoms with Gasteiger partial charge in [0.2, 0.25) is 0 Å². The number of ether oxygens (including phenoxy) is 1. The zero-order valence-electron chi connectivity index (χ0n) is 19.8. The first-order valence-electron chi connectivity index (χ1n) is 11.6. The van der Waals surface area contributed by atoms with Crippen molar-refractivity contribution in [2.45, 2.75) is 42.8 Å². The number of benzene rings is 3. The lowest BCUT2D eigenvalue weighted by atomic mass is 9.94. The van der Waals surface area contributed by atoms with Crippen LogP contribution in [0.1, 0.15) is 37.4 Å². The normalized spacial score (nSPS) is 14.1. The van der Waals surface area contributed by atoms with Crippen molar-refractivity contribution in [2.75, 3.05) is 26.0 Å². The third kappa shape index (κ3) is 7.61. The van der Waals surface area contributed by atoms with Crippen LogP contribution in [0.5, 0.6) is 5.75 Å². The SMILES string of the molecule is CCC(C)(CNC(c1ccccc1)c1ccccc1)NCC(O)COc1ccccc1SC. The minimum absolute atomic E-state index is 0.108. The third-order valence-corrected chi connectivity index (χ3v) is 6.78. The van der Waals surface area contributed by atoms with Crippen molar-refractivity contribution in [1.82, 2.24) is 10.6 Å². The Kier molecular flexibility index (Phi) is 9.82. The summed E-state index contributed by atoms with van der Waals surface area (Å²) in [7, 11) is 0. The van der Waals surface area contributed by atoms with Gasteiger partial charge in [0.15, 0.2) is 0 Å². The Labute approximate surface area is 202 Å². The van der Waals surface area contributed by atoms with Gasteiger partial charge < -0.3 is 20.5 Å². The van der Waals surface area contributed by atoms with E-state index in [1.807, 2.05) is 42.7 Å². The summed E-state index contributed by atoms with van der Waals surface area (Å²) in [5.74, 6) is 0.817. The molecule has 0 aliphatic rings. The van der Waals surface area contributed by atoms with Gasteiger partial charge in [0.25, 0.3) is 0 Å². The van der Waals surface area contributed by atoms with Crippen LogP contribution in [0.25, 0.3) is 0 Å². The molecule has 0 fully saturated rings. The summed E-state index contributed by atoms with van der Waals surface area (Å²) >= 11 is 1.64. The highest BCUT2D eigenvalue weighted by molar-refractivity contribution is 7.98. The molecule has 3 rings (SSSR count). The smallest absolute Gasteiger partial charge is 0.132 e. The highest BCUT2D eigenvalue weighted by Gasteiger charge is 2.25. The molecule has 2 atom stereocenters. The lowest BCUT2D eigenvalue weighted by Crippen LogP contribution is -2.53. The Morgan fingerprint density at radius 2 is 1.48 bits per heavy atom. The maximum atomic E-state index is 10.6. The first-order valence-corrected chi connectivity index (χ1v) is 12.8. The van der Waals surface area contributed by atoms with Crippen LogP contribution in [0, 0.1) is 0 Å². The van der Waals surface area contributed by atoms with E-state index in [2.05, 4.69) is 73.0 Å². The quantitative estimate of drug-likeness (QED) is 0.300. The molecule has 5 heteroatoms. The molecule has 2 unspecified atom stereocenters. The Morgan fingerprint density at radius 1 is 0.909 bits per heavy atom. The van der Waals surface area contributed by atoms with Crippen LogP contribution in [0.15, 0.2) is 89.8 Å². The lowest BCUT2D eigenvalue weighted by molar-refractivity contribution is 0.0954. The second-order valence-electron chi connectivity index (χ2n) is 8.55. The maximum Gasteiger partial charge on any atom is 0.132 e. The second-order valence-corrected chi connectivity index (χ2v) is 9.39. The van der Waals surface area contributed by atoms with Gasteiger partial charge in [-0.25, -0.2) is 0 Å². The molecule has 176 valence electrons. The summed E-state index contributed by atoms with van der Waals surface area (Å²) in [5.41, 5.74) is 2.31. The van der Waals surface area contributed by atoms with Crippen LogP contribution in [0.3, 0.4) is 0 Å². The van der Waals surface area contributed by atoms with Crippen molar-refractivity contribution >= 4 is 11.8 Å². The van der Waals surface area contributed by atoms with E-state index in [0.29, 0.717) is 6.54 Å². The second kappa shape index (κ2) is 12.8. The average Bonchev–Trinajstić information content (AvgIpc) is 2.88. The molecule has 0 aromatic heterocycles. The van der Waals surface area contributed by atoms with Crippen LogP contribution in [-0.2, 0) is 0 Å². The van der Waals surface area contributed by atoms with Crippen molar-refractivity contribution in [1.29, 1.82) is 0 Å². The number of hydrogen-bond donors (Lipinski definition) is 3. The zero-order chi connectivity index (χ0) is 23.5. The molecular weight excluding hydrogens is 428 g/mol. The number of thioether (sulfide) groups is 1. The third-order valence-electron chi connectivity index (χ3n) is 6.01. The molecular formula is C28H36N2O2S. The van der Waals surface area contributed by atoms with Crippen LogP contribution in [0.2, 0.25) is 0 Å². The molecule has 3 aromatic rings. The minimum Gasteiger partial charge on any atom is -0.490 e. The number of nitrogens with one attached hydrogen (secondary N) is 2. The lowest BCUT2D eigenvalue weighted by Gasteiger charge is -2.33. The van der Waals surface area contributed by atoms with Gasteiger partial charge in [0.1, 0.15) is 18.5 Å². The van der Waals surface area contributed by atoms with E-state index in [4.69, 9.17) is 4.74 Å². The summed E-state index contributed by atoms with van der Waals surface area (Å²) in [4.78, 5) is 1.08. The topological polar surface area (TPSA) is 53.5 Å². The van der Waals surface area contributed by atoms with E-state index in [0.717, 1.165) is 23.6 Å². The molecule has 4 nitrogen and oxygen atoms in total. The molecule has 0 amide bonds. The summed E-state index contributed by atoms with van der Waals surface area (Å²) < 4.78 is 5.88. The van der Waals surface area contributed by atoms with Gasteiger partial charge in [-0.3, -0.25) is 0 Å². The highest BCUT2D eigenvalue weighted by Crippen LogP contribution is 2.27. The molecule has 33 heavy (non-hydrogen) atoms. The number of hydrogen-bond acceptors (Lipinski definition) is 5. The van der Waals surface area contributed by atoms with E-state index in [9.17, 15) is 5.11 Å². The minimum atomic E-state index is -0.593. The van der Waals surface area contributed by atoms with E-state index in [1.54, 1.807) is 11.8 Å². The maximum absolute atomic E-state index is 10.6. The predicted octanol–water partition coefficient (Wildman–Crippen LogP) is 5.29. The van der Waals surface area contributed by atoms with Gasteiger partial charge >= 0.3 is 0 Å². The van der Waals surface area contributed by atoms with Crippen molar-refractivity contribution in [3.05, 3.63) is 96.1 Å². The number of β-amino-alcohol motifs (C(OH)–C–C–N with tert-alkyl or cyclic N) is 1. The number of rotatable bonds is 13. The van der Waals surface area contributed by atoms with Crippen molar-refractivity contribution < 1.29 is 9.84 Å². The van der Waals surface area contributed by atoms with Gasteiger partial charge in [0.05, 0.1) is 6.04 Å². The van der Waals surface area contributed by atoms with Gasteiger partial charge in [-0.2, -0.15) is 0 Å². The van der Waals surface area contributed by atoms with Crippen molar-refractivity contribution in [2.24, 2.45) is 0 Å². The van der Waals surface area contributed by atoms with Crippen LogP contribution < -0.4 is 15.4 Å². The molecule has 0 bridgehead atoms. The summed E-state index contributed by atoms with van der Waals surface area (Å²) in [6.07, 6.45) is 2.36. The molecule has 0 radical (unpaired) electrons. The summed E-state index contributed by atoms with van der Waals surface area (Å²) in [5, 5.41) is 17.9. The average molecular weight is 465 g/mol. The Balaban J connectivity index is 1.57. The first-order chi connectivity index (χ1) is 16.0. The predicted molar refractivity (Wildman–Crippen MR) is 139 cm³/mol. The Morgan fingerprint density at radius 3 is 2.06 bits per heavy atom. The van der Waals surface area contributed by atoms with Crippen LogP contribution >= 0.6 is 11.8 Å². The van der Waals surface area contributed by atoms with Crippen LogP contribution in [-0.4, -0.2) is 42.7 Å². The summed E-state index contributed by atoms with van der Waals surface area (Å²) in [6, 6.07) is 29.1. The van der Waals surface area contributed by atoms with Crippen LogP contribution in [0.4, 0.5) is 0 Å². The molecule has 0 aliphatic heterocycles. The fraction of sp³-hybridized carbons (Fsp3) is 0.357. The number of aliphatic hydroxyl groups excluding tert-OH is 1. The molecule has 0 heterocycles. The van der Waals surface area contributed by atoms with E-state index in [-0.39, 0.29) is 18.2 Å². The Bertz CT molecular complexity index is 915. The van der Waals surface area contributed by atoms with Crippen molar-refractivity contribution in [3.8, 4) is 5.75 Å². The molecule has 3 N–H and O–H groups in total.